The van der Waals surface area contributed by atoms with E-state index >= 15 is 0 Å². The van der Waals surface area contributed by atoms with Crippen molar-refractivity contribution in [3.8, 4) is 0 Å². The van der Waals surface area contributed by atoms with E-state index in [9.17, 15) is 27.6 Å². The van der Waals surface area contributed by atoms with Gasteiger partial charge in [0, 0.05) is 37.3 Å². The molecule has 3 aromatic carbocycles. The molecule has 0 aliphatic carbocycles. The summed E-state index contributed by atoms with van der Waals surface area (Å²) in [5.41, 5.74) is -0.406. The average molecular weight is 466 g/mol. The largest absolute Gasteiger partial charge is 0.417 e. The smallest absolute Gasteiger partial charge is 0.335 e. The SMILES string of the molecule is O=C(c1ccccc1)c1ccccc1C(=O)N1CCN(C(=O)c2ccccc2C(F)(F)F)CC1. The standard InChI is InChI=1S/C26H21F3N2O3/c27-26(28,29)22-13-7-6-12-21(22)25(34)31-16-14-30(15-17-31)24(33)20-11-5-4-10-19(20)23(32)18-8-2-1-3-9-18/h1-13H,14-17H2. The Bertz CT molecular complexity index is 1220. The lowest BCUT2D eigenvalue weighted by Crippen LogP contribution is -2.51. The van der Waals surface area contributed by atoms with Crippen LogP contribution in [0.25, 0.3) is 0 Å². The zero-order valence-electron chi connectivity index (χ0n) is 18.1. The van der Waals surface area contributed by atoms with Gasteiger partial charge in [-0.1, -0.05) is 60.7 Å². The van der Waals surface area contributed by atoms with Crippen LogP contribution < -0.4 is 0 Å². The van der Waals surface area contributed by atoms with Gasteiger partial charge in [-0.2, -0.15) is 13.2 Å². The second-order valence-corrected chi connectivity index (χ2v) is 7.87. The number of benzene rings is 3. The minimum atomic E-state index is -4.64. The number of halogens is 3. The number of piperazine rings is 1. The Morgan fingerprint density at radius 2 is 1.03 bits per heavy atom. The maximum atomic E-state index is 13.3. The Labute approximate surface area is 194 Å². The third-order valence-electron chi connectivity index (χ3n) is 5.76. The fraction of sp³-hybridized carbons (Fsp3) is 0.192. The highest BCUT2D eigenvalue weighted by molar-refractivity contribution is 6.15. The van der Waals surface area contributed by atoms with Crippen molar-refractivity contribution in [2.24, 2.45) is 0 Å². The van der Waals surface area contributed by atoms with Crippen LogP contribution in [-0.4, -0.2) is 53.6 Å². The summed E-state index contributed by atoms with van der Waals surface area (Å²) in [6.45, 7) is 0.469. The van der Waals surface area contributed by atoms with Gasteiger partial charge in [0.05, 0.1) is 16.7 Å². The number of carbonyl (C=O) groups is 3. The average Bonchev–Trinajstić information content (AvgIpc) is 2.87. The molecule has 1 aliphatic heterocycles. The second kappa shape index (κ2) is 9.51. The summed E-state index contributed by atoms with van der Waals surface area (Å²) in [4.78, 5) is 41.8. The van der Waals surface area contributed by atoms with Gasteiger partial charge in [-0.05, 0) is 18.2 Å². The van der Waals surface area contributed by atoms with E-state index in [4.69, 9.17) is 0 Å². The van der Waals surface area contributed by atoms with Crippen molar-refractivity contribution in [1.29, 1.82) is 0 Å². The molecule has 1 aliphatic rings. The van der Waals surface area contributed by atoms with Gasteiger partial charge in [-0.3, -0.25) is 14.4 Å². The van der Waals surface area contributed by atoms with E-state index in [1.165, 1.54) is 21.9 Å². The third kappa shape index (κ3) is 4.71. The number of hydrogen-bond donors (Lipinski definition) is 0. The van der Waals surface area contributed by atoms with Gasteiger partial charge in [0.2, 0.25) is 0 Å². The summed E-state index contributed by atoms with van der Waals surface area (Å²) in [5.74, 6) is -1.36. The summed E-state index contributed by atoms with van der Waals surface area (Å²) < 4.78 is 39.9. The van der Waals surface area contributed by atoms with Gasteiger partial charge in [-0.15, -0.1) is 0 Å². The second-order valence-electron chi connectivity index (χ2n) is 7.87. The topological polar surface area (TPSA) is 57.7 Å². The number of rotatable bonds is 4. The molecule has 34 heavy (non-hydrogen) atoms. The highest BCUT2D eigenvalue weighted by Crippen LogP contribution is 2.32. The summed E-state index contributed by atoms with van der Waals surface area (Å²) in [6, 6.07) is 19.8. The minimum absolute atomic E-state index is 0.0889. The molecule has 1 heterocycles. The molecule has 5 nitrogen and oxygen atoms in total. The fourth-order valence-corrected chi connectivity index (χ4v) is 3.98. The summed E-state index contributed by atoms with van der Waals surface area (Å²) >= 11 is 0. The zero-order chi connectivity index (χ0) is 24.3. The van der Waals surface area contributed by atoms with Gasteiger partial charge in [0.1, 0.15) is 0 Å². The van der Waals surface area contributed by atoms with E-state index in [0.717, 1.165) is 12.1 Å². The van der Waals surface area contributed by atoms with E-state index in [2.05, 4.69) is 0 Å². The van der Waals surface area contributed by atoms with Gasteiger partial charge in [-0.25, -0.2) is 0 Å². The van der Waals surface area contributed by atoms with Gasteiger partial charge < -0.3 is 9.80 Å². The zero-order valence-corrected chi connectivity index (χ0v) is 18.1. The molecule has 0 atom stereocenters. The molecular weight excluding hydrogens is 445 g/mol. The first-order valence-corrected chi connectivity index (χ1v) is 10.7. The predicted molar refractivity (Wildman–Crippen MR) is 120 cm³/mol. The highest BCUT2D eigenvalue weighted by Gasteiger charge is 2.36. The number of ketones is 1. The molecule has 174 valence electrons. The minimum Gasteiger partial charge on any atom is -0.335 e. The molecule has 0 N–H and O–H groups in total. The highest BCUT2D eigenvalue weighted by atomic mass is 19.4. The third-order valence-corrected chi connectivity index (χ3v) is 5.76. The maximum Gasteiger partial charge on any atom is 0.417 e. The molecule has 0 aromatic heterocycles. The van der Waals surface area contributed by atoms with Crippen molar-refractivity contribution in [2.45, 2.75) is 6.18 Å². The van der Waals surface area contributed by atoms with E-state index in [1.807, 2.05) is 0 Å². The van der Waals surface area contributed by atoms with E-state index in [0.29, 0.717) is 5.56 Å². The van der Waals surface area contributed by atoms with Crippen LogP contribution >= 0.6 is 0 Å². The normalized spacial score (nSPS) is 14.1. The Morgan fingerprint density at radius 1 is 0.588 bits per heavy atom. The molecule has 8 heteroatoms. The first-order chi connectivity index (χ1) is 16.3. The van der Waals surface area contributed by atoms with Crippen molar-refractivity contribution < 1.29 is 27.6 Å². The predicted octanol–water partition coefficient (Wildman–Crippen LogP) is 4.53. The number of nitrogens with zero attached hydrogens (tertiary/aromatic N) is 2. The Morgan fingerprint density at radius 3 is 1.59 bits per heavy atom. The molecule has 2 amide bonds. The van der Waals surface area contributed by atoms with Crippen molar-refractivity contribution in [3.05, 3.63) is 107 Å². The summed E-state index contributed by atoms with van der Waals surface area (Å²) in [7, 11) is 0. The van der Waals surface area contributed by atoms with Crippen LogP contribution in [-0.2, 0) is 6.18 Å². The molecule has 0 unspecified atom stereocenters. The monoisotopic (exact) mass is 466 g/mol. The van der Waals surface area contributed by atoms with Gasteiger partial charge in [0.15, 0.2) is 5.78 Å². The molecule has 1 fully saturated rings. The van der Waals surface area contributed by atoms with E-state index < -0.39 is 23.2 Å². The van der Waals surface area contributed by atoms with Crippen LogP contribution in [0, 0.1) is 0 Å². The lowest BCUT2D eigenvalue weighted by Gasteiger charge is -2.35. The maximum absolute atomic E-state index is 13.3. The van der Waals surface area contributed by atoms with Crippen molar-refractivity contribution in [1.82, 2.24) is 9.80 Å². The van der Waals surface area contributed by atoms with Gasteiger partial charge in [0.25, 0.3) is 11.8 Å². The molecule has 0 spiro atoms. The number of hydrogen-bond acceptors (Lipinski definition) is 3. The van der Waals surface area contributed by atoms with Crippen molar-refractivity contribution in [3.63, 3.8) is 0 Å². The van der Waals surface area contributed by atoms with Crippen LogP contribution in [0.5, 0.6) is 0 Å². The fourth-order valence-electron chi connectivity index (χ4n) is 3.98. The molecule has 0 radical (unpaired) electrons. The Kier molecular flexibility index (Phi) is 6.49. The van der Waals surface area contributed by atoms with Crippen LogP contribution in [0.2, 0.25) is 0 Å². The molecule has 3 aromatic rings. The van der Waals surface area contributed by atoms with E-state index in [1.54, 1.807) is 54.6 Å². The molecule has 1 saturated heterocycles. The Balaban J connectivity index is 1.49. The Hall–Kier alpha value is -3.94. The van der Waals surface area contributed by atoms with Crippen LogP contribution in [0.1, 0.15) is 42.2 Å². The molecule has 0 saturated carbocycles. The van der Waals surface area contributed by atoms with Gasteiger partial charge >= 0.3 is 6.18 Å². The van der Waals surface area contributed by atoms with Crippen LogP contribution in [0.15, 0.2) is 78.9 Å². The summed E-state index contributed by atoms with van der Waals surface area (Å²) in [6.07, 6.45) is -4.64. The van der Waals surface area contributed by atoms with Crippen molar-refractivity contribution in [2.75, 3.05) is 26.2 Å². The van der Waals surface area contributed by atoms with Crippen molar-refractivity contribution >= 4 is 17.6 Å². The quantitative estimate of drug-likeness (QED) is 0.531. The number of carbonyl (C=O) groups excluding carboxylic acids is 3. The lowest BCUT2D eigenvalue weighted by atomic mass is 9.97. The lowest BCUT2D eigenvalue weighted by molar-refractivity contribution is -0.138. The van der Waals surface area contributed by atoms with Crippen LogP contribution in [0.3, 0.4) is 0 Å². The number of alkyl halides is 3. The molecular formula is C26H21F3N2O3. The summed E-state index contributed by atoms with van der Waals surface area (Å²) in [5, 5.41) is 0. The van der Waals surface area contributed by atoms with Crippen LogP contribution in [0.4, 0.5) is 13.2 Å². The number of amides is 2. The first kappa shape index (κ1) is 23.2. The first-order valence-electron chi connectivity index (χ1n) is 10.7. The van der Waals surface area contributed by atoms with E-state index in [-0.39, 0.29) is 49.0 Å². The molecule has 4 rings (SSSR count). The molecule has 0 bridgehead atoms.